The number of sulfone groups is 1. The molecule has 9 heteroatoms. The number of nitrogens with one attached hydrogen (secondary N) is 2. The lowest BCUT2D eigenvalue weighted by Gasteiger charge is -2.14. The average molecular weight is 429 g/mol. The standard InChI is InChI=1S/C21H24N4O4S/c1-13-18(14(2)25-19(22-13)12-21(27)24-25)11-20(26)23-15-6-5-9-17(10-15)30(28,29)16-7-3-4-8-16/h5-6,9-10,12,16H,3-4,7-8,11H2,1-2H3,(H,23,26)(H,24,27). The molecular weight excluding hydrogens is 404 g/mol. The molecule has 1 amide bonds. The number of hydrogen-bond donors (Lipinski definition) is 2. The quantitative estimate of drug-likeness (QED) is 0.648. The van der Waals surface area contributed by atoms with Gasteiger partial charge in [-0.1, -0.05) is 18.9 Å². The molecule has 2 N–H and O–H groups in total. The van der Waals surface area contributed by atoms with Crippen LogP contribution in [0.15, 0.2) is 40.0 Å². The summed E-state index contributed by atoms with van der Waals surface area (Å²) >= 11 is 0. The molecule has 2 aromatic heterocycles. The average Bonchev–Trinajstić information content (AvgIpc) is 3.35. The van der Waals surface area contributed by atoms with Gasteiger partial charge in [-0.25, -0.2) is 17.9 Å². The largest absolute Gasteiger partial charge is 0.326 e. The number of carbonyl (C=O) groups excluding carboxylic acids is 1. The van der Waals surface area contributed by atoms with Crippen LogP contribution in [-0.4, -0.2) is 34.2 Å². The maximum atomic E-state index is 12.8. The van der Waals surface area contributed by atoms with Crippen LogP contribution < -0.4 is 10.9 Å². The zero-order valence-electron chi connectivity index (χ0n) is 16.9. The van der Waals surface area contributed by atoms with Crippen LogP contribution in [0.2, 0.25) is 0 Å². The van der Waals surface area contributed by atoms with Crippen molar-refractivity contribution in [3.8, 4) is 0 Å². The molecule has 2 heterocycles. The van der Waals surface area contributed by atoms with Crippen molar-refractivity contribution in [1.29, 1.82) is 0 Å². The van der Waals surface area contributed by atoms with Crippen LogP contribution in [0.5, 0.6) is 0 Å². The van der Waals surface area contributed by atoms with Gasteiger partial charge < -0.3 is 5.32 Å². The smallest absolute Gasteiger partial charge is 0.266 e. The van der Waals surface area contributed by atoms with Gasteiger partial charge in [0, 0.05) is 28.7 Å². The molecule has 1 aliphatic rings. The van der Waals surface area contributed by atoms with E-state index in [1.165, 1.54) is 12.1 Å². The van der Waals surface area contributed by atoms with Gasteiger partial charge in [0.25, 0.3) is 5.56 Å². The molecule has 8 nitrogen and oxygen atoms in total. The van der Waals surface area contributed by atoms with Gasteiger partial charge in [-0.3, -0.25) is 14.7 Å². The first-order chi connectivity index (χ1) is 14.3. The van der Waals surface area contributed by atoms with E-state index < -0.39 is 9.84 Å². The molecule has 0 spiro atoms. The Morgan fingerprint density at radius 1 is 1.23 bits per heavy atom. The van der Waals surface area contributed by atoms with Crippen molar-refractivity contribution in [2.24, 2.45) is 0 Å². The summed E-state index contributed by atoms with van der Waals surface area (Å²) in [5.74, 6) is -0.285. The van der Waals surface area contributed by atoms with E-state index in [0.29, 0.717) is 35.4 Å². The van der Waals surface area contributed by atoms with Gasteiger partial charge >= 0.3 is 0 Å². The summed E-state index contributed by atoms with van der Waals surface area (Å²) in [6, 6.07) is 7.83. The molecule has 0 bridgehead atoms. The van der Waals surface area contributed by atoms with Gasteiger partial charge in [-0.15, -0.1) is 0 Å². The summed E-state index contributed by atoms with van der Waals surface area (Å²) < 4.78 is 27.2. The van der Waals surface area contributed by atoms with E-state index in [9.17, 15) is 18.0 Å². The summed E-state index contributed by atoms with van der Waals surface area (Å²) in [4.78, 5) is 28.9. The van der Waals surface area contributed by atoms with Crippen molar-refractivity contribution >= 4 is 27.1 Å². The van der Waals surface area contributed by atoms with E-state index in [4.69, 9.17) is 0 Å². The van der Waals surface area contributed by atoms with Crippen LogP contribution in [0.3, 0.4) is 0 Å². The van der Waals surface area contributed by atoms with Crippen molar-refractivity contribution in [2.45, 2.75) is 56.1 Å². The number of amides is 1. The minimum atomic E-state index is -3.39. The van der Waals surface area contributed by atoms with Crippen molar-refractivity contribution < 1.29 is 13.2 Å². The van der Waals surface area contributed by atoms with Crippen molar-refractivity contribution in [1.82, 2.24) is 14.6 Å². The summed E-state index contributed by atoms with van der Waals surface area (Å²) in [5.41, 5.74) is 2.79. The number of hydrogen-bond acceptors (Lipinski definition) is 5. The SMILES string of the molecule is Cc1nc2cc(=O)[nH]n2c(C)c1CC(=O)Nc1cccc(S(=O)(=O)C2CCCC2)c1. The summed E-state index contributed by atoms with van der Waals surface area (Å²) in [6.07, 6.45) is 3.30. The third kappa shape index (κ3) is 3.77. The molecule has 1 fully saturated rings. The predicted molar refractivity (Wildman–Crippen MR) is 114 cm³/mol. The third-order valence-corrected chi connectivity index (χ3v) is 7.99. The van der Waals surface area contributed by atoms with Gasteiger partial charge in [-0.2, -0.15) is 0 Å². The molecule has 1 saturated carbocycles. The Hall–Kier alpha value is -2.94. The van der Waals surface area contributed by atoms with E-state index in [1.807, 2.05) is 6.92 Å². The Morgan fingerprint density at radius 3 is 2.70 bits per heavy atom. The van der Waals surface area contributed by atoms with Gasteiger partial charge in [0.15, 0.2) is 15.5 Å². The topological polar surface area (TPSA) is 113 Å². The first-order valence-corrected chi connectivity index (χ1v) is 11.5. The molecule has 1 aliphatic carbocycles. The van der Waals surface area contributed by atoms with Gasteiger partial charge in [0.1, 0.15) is 0 Å². The lowest BCUT2D eigenvalue weighted by molar-refractivity contribution is -0.115. The third-order valence-electron chi connectivity index (χ3n) is 5.73. The first-order valence-electron chi connectivity index (χ1n) is 9.97. The first kappa shape index (κ1) is 20.3. The lowest BCUT2D eigenvalue weighted by atomic mass is 10.1. The fourth-order valence-electron chi connectivity index (χ4n) is 4.12. The van der Waals surface area contributed by atoms with Crippen molar-refractivity contribution in [2.75, 3.05) is 5.32 Å². The predicted octanol–water partition coefficient (Wildman–Crippen LogP) is 2.54. The van der Waals surface area contributed by atoms with Crippen molar-refractivity contribution in [3.05, 3.63) is 57.6 Å². The molecule has 0 saturated heterocycles. The Morgan fingerprint density at radius 2 is 1.97 bits per heavy atom. The monoisotopic (exact) mass is 428 g/mol. The molecule has 30 heavy (non-hydrogen) atoms. The van der Waals surface area contributed by atoms with Gasteiger partial charge in [0.05, 0.1) is 16.6 Å². The summed E-state index contributed by atoms with van der Waals surface area (Å²) in [7, 11) is -3.39. The van der Waals surface area contributed by atoms with E-state index in [-0.39, 0.29) is 28.0 Å². The van der Waals surface area contributed by atoms with E-state index in [2.05, 4.69) is 15.4 Å². The van der Waals surface area contributed by atoms with Crippen LogP contribution >= 0.6 is 0 Å². The molecule has 0 aliphatic heterocycles. The molecule has 0 atom stereocenters. The zero-order chi connectivity index (χ0) is 21.5. The highest BCUT2D eigenvalue weighted by Crippen LogP contribution is 2.30. The minimum Gasteiger partial charge on any atom is -0.326 e. The minimum absolute atomic E-state index is 0.0560. The van der Waals surface area contributed by atoms with E-state index in [0.717, 1.165) is 18.5 Å². The number of H-pyrrole nitrogens is 1. The second-order valence-electron chi connectivity index (χ2n) is 7.78. The van der Waals surface area contributed by atoms with Gasteiger partial charge in [-0.05, 0) is 44.9 Å². The summed E-state index contributed by atoms with van der Waals surface area (Å²) in [6.45, 7) is 3.61. The van der Waals surface area contributed by atoms with Crippen LogP contribution in [0.1, 0.15) is 42.6 Å². The van der Waals surface area contributed by atoms with Crippen LogP contribution in [-0.2, 0) is 21.1 Å². The fraction of sp³-hybridized carbons (Fsp3) is 0.381. The molecule has 0 radical (unpaired) electrons. The fourth-order valence-corrected chi connectivity index (χ4v) is 6.02. The zero-order valence-corrected chi connectivity index (χ0v) is 17.8. The summed E-state index contributed by atoms with van der Waals surface area (Å²) in [5, 5.41) is 5.12. The number of aromatic amines is 1. The Kier molecular flexibility index (Phi) is 5.23. The number of carbonyl (C=O) groups is 1. The Balaban J connectivity index is 1.55. The van der Waals surface area contributed by atoms with Crippen LogP contribution in [0, 0.1) is 13.8 Å². The number of fused-ring (bicyclic) bond motifs is 1. The molecular formula is C21H24N4O4S. The van der Waals surface area contributed by atoms with Crippen LogP contribution in [0.25, 0.3) is 5.65 Å². The van der Waals surface area contributed by atoms with Crippen molar-refractivity contribution in [3.63, 3.8) is 0 Å². The van der Waals surface area contributed by atoms with E-state index >= 15 is 0 Å². The highest BCUT2D eigenvalue weighted by Gasteiger charge is 2.30. The van der Waals surface area contributed by atoms with Crippen LogP contribution in [0.4, 0.5) is 5.69 Å². The highest BCUT2D eigenvalue weighted by molar-refractivity contribution is 7.92. The Bertz CT molecular complexity index is 1280. The number of nitrogens with zero attached hydrogens (tertiary/aromatic N) is 2. The number of benzene rings is 1. The molecule has 1 aromatic carbocycles. The highest BCUT2D eigenvalue weighted by atomic mass is 32.2. The lowest BCUT2D eigenvalue weighted by Crippen LogP contribution is -2.19. The Labute approximate surface area is 174 Å². The second kappa shape index (κ2) is 7.71. The normalized spacial score (nSPS) is 15.0. The number of aryl methyl sites for hydroxylation is 2. The number of aromatic nitrogens is 3. The molecule has 0 unspecified atom stereocenters. The van der Waals surface area contributed by atoms with E-state index in [1.54, 1.807) is 29.6 Å². The maximum Gasteiger partial charge on any atom is 0.266 e. The molecule has 4 rings (SSSR count). The van der Waals surface area contributed by atoms with Gasteiger partial charge in [0.2, 0.25) is 5.91 Å². The number of rotatable bonds is 5. The maximum absolute atomic E-state index is 12.8. The number of anilines is 1. The molecule has 158 valence electrons. The molecule has 3 aromatic rings. The second-order valence-corrected chi connectivity index (χ2v) is 10.0.